The van der Waals surface area contributed by atoms with Crippen LogP contribution in [0.2, 0.25) is 0 Å². The molecule has 0 N–H and O–H groups in total. The predicted molar refractivity (Wildman–Crippen MR) is 48.4 cm³/mol. The second kappa shape index (κ2) is 4.07. The molecular formula is C9H13NO3. The number of carbonyl (C=O) groups is 1. The van der Waals surface area contributed by atoms with E-state index in [1.165, 1.54) is 0 Å². The number of hydrogen-bond acceptors (Lipinski definition) is 4. The summed E-state index contributed by atoms with van der Waals surface area (Å²) in [6, 6.07) is 0. The zero-order valence-electron chi connectivity index (χ0n) is 7.87. The molecule has 1 aliphatic heterocycles. The molecule has 13 heavy (non-hydrogen) atoms. The van der Waals surface area contributed by atoms with E-state index >= 15 is 0 Å². The fraction of sp³-hybridized carbons (Fsp3) is 0.556. The second-order valence-electron chi connectivity index (χ2n) is 2.83. The van der Waals surface area contributed by atoms with E-state index in [0.29, 0.717) is 18.1 Å². The third-order valence-electron chi connectivity index (χ3n) is 1.57. The number of rotatable bonds is 3. The number of nitrogens with zero attached hydrogens (tertiary/aromatic N) is 1. The van der Waals surface area contributed by atoms with Crippen LogP contribution in [0.15, 0.2) is 17.1 Å². The summed E-state index contributed by atoms with van der Waals surface area (Å²) >= 11 is 0. The van der Waals surface area contributed by atoms with Crippen LogP contribution in [0.1, 0.15) is 20.3 Å². The third kappa shape index (κ3) is 2.57. The van der Waals surface area contributed by atoms with Gasteiger partial charge in [0.05, 0.1) is 0 Å². The maximum atomic E-state index is 11.0. The summed E-state index contributed by atoms with van der Waals surface area (Å²) in [4.78, 5) is 15.1. The Morgan fingerprint density at radius 1 is 1.85 bits per heavy atom. The van der Waals surface area contributed by atoms with Crippen molar-refractivity contribution in [2.75, 3.05) is 6.61 Å². The number of esters is 1. The molecule has 1 atom stereocenters. The first-order chi connectivity index (χ1) is 6.13. The van der Waals surface area contributed by atoms with Crippen LogP contribution < -0.4 is 0 Å². The van der Waals surface area contributed by atoms with Gasteiger partial charge in [0.25, 0.3) is 0 Å². The molecule has 0 aromatic carbocycles. The fourth-order valence-corrected chi connectivity index (χ4v) is 0.880. The molecule has 72 valence electrons. The van der Waals surface area contributed by atoms with Crippen molar-refractivity contribution in [1.82, 2.24) is 0 Å². The highest BCUT2D eigenvalue weighted by Crippen LogP contribution is 2.09. The van der Waals surface area contributed by atoms with Gasteiger partial charge in [0, 0.05) is 12.0 Å². The van der Waals surface area contributed by atoms with Crippen molar-refractivity contribution in [3.63, 3.8) is 0 Å². The summed E-state index contributed by atoms with van der Waals surface area (Å²) in [7, 11) is 0. The third-order valence-corrected chi connectivity index (χ3v) is 1.57. The molecule has 0 bridgehead atoms. The molecule has 0 fully saturated rings. The Bertz CT molecular complexity index is 258. The van der Waals surface area contributed by atoms with E-state index in [-0.39, 0.29) is 0 Å². The van der Waals surface area contributed by atoms with Gasteiger partial charge in [0.2, 0.25) is 6.23 Å². The molecule has 0 spiro atoms. The lowest BCUT2D eigenvalue weighted by Gasteiger charge is -2.06. The topological polar surface area (TPSA) is 47.9 Å². The van der Waals surface area contributed by atoms with Gasteiger partial charge in [-0.1, -0.05) is 13.5 Å². The molecule has 0 aromatic rings. The molecule has 1 unspecified atom stereocenters. The van der Waals surface area contributed by atoms with E-state index in [1.54, 1.807) is 6.92 Å². The Morgan fingerprint density at radius 3 is 3.00 bits per heavy atom. The Balaban J connectivity index is 2.44. The van der Waals surface area contributed by atoms with Crippen LogP contribution in [0.4, 0.5) is 0 Å². The Morgan fingerprint density at radius 2 is 2.54 bits per heavy atom. The molecule has 4 nitrogen and oxygen atoms in total. The molecule has 0 aliphatic carbocycles. The maximum absolute atomic E-state index is 11.0. The Labute approximate surface area is 77.2 Å². The van der Waals surface area contributed by atoms with Gasteiger partial charge in [-0.05, 0) is 6.92 Å². The van der Waals surface area contributed by atoms with Crippen molar-refractivity contribution in [2.45, 2.75) is 26.5 Å². The normalized spacial score (nSPS) is 20.5. The van der Waals surface area contributed by atoms with Crippen LogP contribution in [0.25, 0.3) is 0 Å². The Kier molecular flexibility index (Phi) is 3.06. The number of hydrogen-bond donors (Lipinski definition) is 0. The summed E-state index contributed by atoms with van der Waals surface area (Å²) in [5.74, 6) is 0.217. The largest absolute Gasteiger partial charge is 0.475 e. The van der Waals surface area contributed by atoms with E-state index < -0.39 is 12.2 Å². The van der Waals surface area contributed by atoms with Crippen LogP contribution in [0.5, 0.6) is 0 Å². The quantitative estimate of drug-likeness (QED) is 0.489. The summed E-state index contributed by atoms with van der Waals surface area (Å²) in [5.41, 5.74) is 0.375. The first-order valence-electron chi connectivity index (χ1n) is 4.19. The van der Waals surface area contributed by atoms with Crippen molar-refractivity contribution in [1.29, 1.82) is 0 Å². The SMILES string of the molecule is C=C(C)C(=O)OC1COC(CC)=N1. The van der Waals surface area contributed by atoms with Crippen LogP contribution in [0.3, 0.4) is 0 Å². The highest BCUT2D eigenvalue weighted by Gasteiger charge is 2.21. The molecular weight excluding hydrogens is 170 g/mol. The van der Waals surface area contributed by atoms with Crippen molar-refractivity contribution in [3.8, 4) is 0 Å². The summed E-state index contributed by atoms with van der Waals surface area (Å²) in [5, 5.41) is 0. The second-order valence-corrected chi connectivity index (χ2v) is 2.83. The number of carbonyl (C=O) groups excluding carboxylic acids is 1. The zero-order chi connectivity index (χ0) is 9.84. The van der Waals surface area contributed by atoms with Gasteiger partial charge >= 0.3 is 5.97 Å². The lowest BCUT2D eigenvalue weighted by Crippen LogP contribution is -2.17. The molecule has 0 saturated carbocycles. The minimum atomic E-state index is -0.487. The predicted octanol–water partition coefficient (Wildman–Crippen LogP) is 1.27. The van der Waals surface area contributed by atoms with Gasteiger partial charge in [0.1, 0.15) is 6.61 Å². The van der Waals surface area contributed by atoms with E-state index in [9.17, 15) is 4.79 Å². The molecule has 1 aliphatic rings. The van der Waals surface area contributed by atoms with Crippen molar-refractivity contribution >= 4 is 11.9 Å². The summed E-state index contributed by atoms with van der Waals surface area (Å²) < 4.78 is 10.1. The highest BCUT2D eigenvalue weighted by atomic mass is 16.6. The smallest absolute Gasteiger partial charge is 0.335 e. The van der Waals surface area contributed by atoms with Gasteiger partial charge < -0.3 is 9.47 Å². The van der Waals surface area contributed by atoms with Crippen LogP contribution >= 0.6 is 0 Å². The van der Waals surface area contributed by atoms with E-state index in [0.717, 1.165) is 6.42 Å². The standard InChI is InChI=1S/C9H13NO3/c1-4-7-10-8(5-12-7)13-9(11)6(2)3/h8H,2,4-5H2,1,3H3. The molecule has 0 radical (unpaired) electrons. The zero-order valence-corrected chi connectivity index (χ0v) is 7.87. The monoisotopic (exact) mass is 183 g/mol. The summed E-state index contributed by atoms with van der Waals surface area (Å²) in [6.45, 7) is 7.33. The average molecular weight is 183 g/mol. The maximum Gasteiger partial charge on any atom is 0.335 e. The van der Waals surface area contributed by atoms with Gasteiger partial charge in [-0.25, -0.2) is 9.79 Å². The van der Waals surface area contributed by atoms with Gasteiger partial charge in [-0.15, -0.1) is 0 Å². The first kappa shape index (κ1) is 9.77. The lowest BCUT2D eigenvalue weighted by atomic mass is 10.4. The minimum absolute atomic E-state index is 0.322. The lowest BCUT2D eigenvalue weighted by molar-refractivity contribution is -0.144. The Hall–Kier alpha value is -1.32. The van der Waals surface area contributed by atoms with Crippen LogP contribution in [-0.4, -0.2) is 24.7 Å². The average Bonchev–Trinajstić information content (AvgIpc) is 2.52. The molecule has 0 aromatic heterocycles. The van der Waals surface area contributed by atoms with E-state index in [1.807, 2.05) is 6.92 Å². The van der Waals surface area contributed by atoms with Crippen molar-refractivity contribution in [2.24, 2.45) is 4.99 Å². The van der Waals surface area contributed by atoms with Crippen LogP contribution in [0, 0.1) is 0 Å². The molecule has 0 amide bonds. The van der Waals surface area contributed by atoms with Crippen molar-refractivity contribution in [3.05, 3.63) is 12.2 Å². The van der Waals surface area contributed by atoms with Crippen molar-refractivity contribution < 1.29 is 14.3 Å². The van der Waals surface area contributed by atoms with Gasteiger partial charge in [0.15, 0.2) is 5.90 Å². The van der Waals surface area contributed by atoms with Crippen LogP contribution in [-0.2, 0) is 14.3 Å². The number of ether oxygens (including phenoxy) is 2. The number of aliphatic imine (C=N–C) groups is 1. The van der Waals surface area contributed by atoms with E-state index in [4.69, 9.17) is 9.47 Å². The molecule has 0 saturated heterocycles. The van der Waals surface area contributed by atoms with Gasteiger partial charge in [-0.3, -0.25) is 0 Å². The fourth-order valence-electron chi connectivity index (χ4n) is 0.880. The first-order valence-corrected chi connectivity index (χ1v) is 4.19. The minimum Gasteiger partial charge on any atom is -0.475 e. The van der Waals surface area contributed by atoms with E-state index in [2.05, 4.69) is 11.6 Å². The summed E-state index contributed by atoms with van der Waals surface area (Å²) in [6.07, 6.45) is 0.236. The molecule has 4 heteroatoms. The molecule has 1 heterocycles. The highest BCUT2D eigenvalue weighted by molar-refractivity contribution is 5.87. The molecule has 1 rings (SSSR count). The van der Waals surface area contributed by atoms with Gasteiger partial charge in [-0.2, -0.15) is 0 Å².